The molecule has 1 amide bonds. The van der Waals surface area contributed by atoms with Crippen molar-refractivity contribution in [3.8, 4) is 5.75 Å². The number of hydrogen-bond acceptors (Lipinski definition) is 5. The minimum atomic E-state index is -0.238. The number of amides is 1. The first kappa shape index (κ1) is 25.0. The Labute approximate surface area is 211 Å². The minimum absolute atomic E-state index is 0.122. The Morgan fingerprint density at radius 1 is 1.03 bits per heavy atom. The number of nitrogens with zero attached hydrogens (tertiary/aromatic N) is 3. The summed E-state index contributed by atoms with van der Waals surface area (Å²) in [6, 6.07) is 20.8. The van der Waals surface area contributed by atoms with Crippen LogP contribution in [0.5, 0.6) is 5.75 Å². The first-order valence-electron chi connectivity index (χ1n) is 12.2. The number of para-hydroxylation sites is 1. The lowest BCUT2D eigenvalue weighted by Gasteiger charge is -2.24. The molecule has 4 aromatic rings. The molecule has 1 aromatic heterocycles. The van der Waals surface area contributed by atoms with E-state index in [-0.39, 0.29) is 11.5 Å². The second-order valence-corrected chi connectivity index (χ2v) is 8.69. The van der Waals surface area contributed by atoms with E-state index >= 15 is 0 Å². The van der Waals surface area contributed by atoms with Crippen LogP contribution in [0.25, 0.3) is 10.9 Å². The molecule has 36 heavy (non-hydrogen) atoms. The highest BCUT2D eigenvalue weighted by atomic mass is 16.5. The maximum absolute atomic E-state index is 13.6. The van der Waals surface area contributed by atoms with Gasteiger partial charge in [-0.2, -0.15) is 0 Å². The van der Waals surface area contributed by atoms with E-state index in [2.05, 4.69) is 10.2 Å². The largest absolute Gasteiger partial charge is 0.496 e. The summed E-state index contributed by atoms with van der Waals surface area (Å²) in [7, 11) is 1.61. The Morgan fingerprint density at radius 3 is 2.44 bits per heavy atom. The van der Waals surface area contributed by atoms with Gasteiger partial charge in [0, 0.05) is 30.8 Å². The van der Waals surface area contributed by atoms with E-state index in [4.69, 9.17) is 9.72 Å². The van der Waals surface area contributed by atoms with Gasteiger partial charge in [-0.15, -0.1) is 0 Å². The van der Waals surface area contributed by atoms with Gasteiger partial charge in [-0.05, 0) is 50.6 Å². The van der Waals surface area contributed by atoms with Crippen LogP contribution >= 0.6 is 0 Å². The van der Waals surface area contributed by atoms with Crippen molar-refractivity contribution in [3.63, 3.8) is 0 Å². The molecule has 0 fully saturated rings. The second kappa shape index (κ2) is 11.1. The topological polar surface area (TPSA) is 76.5 Å². The molecule has 4 rings (SSSR count). The lowest BCUT2D eigenvalue weighted by atomic mass is 10.1. The molecule has 0 radical (unpaired) electrons. The van der Waals surface area contributed by atoms with E-state index in [9.17, 15) is 9.59 Å². The maximum atomic E-state index is 13.6. The molecule has 0 spiro atoms. The van der Waals surface area contributed by atoms with Gasteiger partial charge in [-0.1, -0.05) is 48.0 Å². The van der Waals surface area contributed by atoms with Crippen LogP contribution in [-0.4, -0.2) is 35.7 Å². The molecule has 7 nitrogen and oxygen atoms in total. The van der Waals surface area contributed by atoms with Gasteiger partial charge in [-0.25, -0.2) is 4.98 Å². The zero-order valence-corrected chi connectivity index (χ0v) is 21.2. The summed E-state index contributed by atoms with van der Waals surface area (Å²) in [5.74, 6) is 1.08. The molecule has 7 heteroatoms. The molecule has 0 unspecified atom stereocenters. The number of carbonyl (C=O) groups excluding carboxylic acids is 1. The van der Waals surface area contributed by atoms with Gasteiger partial charge in [0.15, 0.2) is 0 Å². The molecule has 0 aliphatic carbocycles. The fourth-order valence-corrected chi connectivity index (χ4v) is 4.24. The summed E-state index contributed by atoms with van der Waals surface area (Å²) < 4.78 is 7.09. The second-order valence-electron chi connectivity index (χ2n) is 8.69. The number of benzene rings is 3. The van der Waals surface area contributed by atoms with Crippen LogP contribution in [0.1, 0.15) is 40.9 Å². The van der Waals surface area contributed by atoms with Crippen molar-refractivity contribution >= 4 is 22.8 Å². The average Bonchev–Trinajstić information content (AvgIpc) is 2.91. The lowest BCUT2D eigenvalue weighted by Crippen LogP contribution is -2.33. The Kier molecular flexibility index (Phi) is 7.68. The molecule has 0 aliphatic rings. The first-order chi connectivity index (χ1) is 17.4. The predicted molar refractivity (Wildman–Crippen MR) is 144 cm³/mol. The SMILES string of the molecule is CCN(CC)c1nc2cc(C(=O)NCc3ccccc3OC)ccc2c(=O)n1Cc1ccc(C)cc1. The highest BCUT2D eigenvalue weighted by Gasteiger charge is 2.17. The molecule has 0 saturated carbocycles. The third-order valence-corrected chi connectivity index (χ3v) is 6.34. The third-order valence-electron chi connectivity index (χ3n) is 6.34. The molecule has 3 aromatic carbocycles. The quantitative estimate of drug-likeness (QED) is 0.378. The van der Waals surface area contributed by atoms with Crippen LogP contribution in [-0.2, 0) is 13.1 Å². The van der Waals surface area contributed by atoms with E-state index in [1.807, 2.05) is 69.3 Å². The lowest BCUT2D eigenvalue weighted by molar-refractivity contribution is 0.0951. The minimum Gasteiger partial charge on any atom is -0.496 e. The van der Waals surface area contributed by atoms with Crippen LogP contribution in [0, 0.1) is 6.92 Å². The van der Waals surface area contributed by atoms with Crippen molar-refractivity contribution in [3.05, 3.63) is 99.3 Å². The normalized spacial score (nSPS) is 10.9. The van der Waals surface area contributed by atoms with Crippen LogP contribution in [0.15, 0.2) is 71.5 Å². The van der Waals surface area contributed by atoms with Crippen molar-refractivity contribution < 1.29 is 9.53 Å². The molecule has 0 atom stereocenters. The molecular formula is C29H32N4O3. The van der Waals surface area contributed by atoms with Crippen molar-refractivity contribution in [1.82, 2.24) is 14.9 Å². The highest BCUT2D eigenvalue weighted by Crippen LogP contribution is 2.20. The Morgan fingerprint density at radius 2 is 1.75 bits per heavy atom. The van der Waals surface area contributed by atoms with Gasteiger partial charge < -0.3 is 15.0 Å². The Hall–Kier alpha value is -4.13. The number of ether oxygens (including phenoxy) is 1. The zero-order chi connectivity index (χ0) is 25.7. The molecule has 1 N–H and O–H groups in total. The number of carbonyl (C=O) groups is 1. The van der Waals surface area contributed by atoms with Gasteiger partial charge >= 0.3 is 0 Å². The summed E-state index contributed by atoms with van der Waals surface area (Å²) >= 11 is 0. The summed E-state index contributed by atoms with van der Waals surface area (Å²) in [5.41, 5.74) is 3.92. The molecule has 0 saturated heterocycles. The van der Waals surface area contributed by atoms with Gasteiger partial charge in [0.25, 0.3) is 11.5 Å². The third kappa shape index (κ3) is 5.25. The average molecular weight is 485 g/mol. The van der Waals surface area contributed by atoms with E-state index in [1.165, 1.54) is 5.56 Å². The molecule has 1 heterocycles. The Bertz CT molecular complexity index is 1420. The number of aromatic nitrogens is 2. The van der Waals surface area contributed by atoms with Crippen LogP contribution in [0.4, 0.5) is 5.95 Å². The van der Waals surface area contributed by atoms with E-state index in [1.54, 1.807) is 29.9 Å². The summed E-state index contributed by atoms with van der Waals surface area (Å²) in [6.45, 7) is 8.30. The predicted octanol–water partition coefficient (Wildman–Crippen LogP) is 4.54. The van der Waals surface area contributed by atoms with Crippen molar-refractivity contribution in [2.75, 3.05) is 25.1 Å². The number of rotatable bonds is 9. The number of methoxy groups -OCH3 is 1. The van der Waals surface area contributed by atoms with Gasteiger partial charge in [0.1, 0.15) is 5.75 Å². The van der Waals surface area contributed by atoms with Crippen LogP contribution in [0.2, 0.25) is 0 Å². The maximum Gasteiger partial charge on any atom is 0.263 e. The number of aryl methyl sites for hydroxylation is 1. The molecule has 186 valence electrons. The molecule has 0 aliphatic heterocycles. The number of fused-ring (bicyclic) bond motifs is 1. The summed E-state index contributed by atoms with van der Waals surface area (Å²) in [4.78, 5) is 33.5. The highest BCUT2D eigenvalue weighted by molar-refractivity contribution is 5.97. The van der Waals surface area contributed by atoms with Crippen molar-refractivity contribution in [2.45, 2.75) is 33.9 Å². The van der Waals surface area contributed by atoms with Gasteiger partial charge in [0.05, 0.1) is 24.6 Å². The fourth-order valence-electron chi connectivity index (χ4n) is 4.24. The molecular weight excluding hydrogens is 452 g/mol. The monoisotopic (exact) mass is 484 g/mol. The Balaban J connectivity index is 1.69. The van der Waals surface area contributed by atoms with Crippen molar-refractivity contribution in [2.24, 2.45) is 0 Å². The van der Waals surface area contributed by atoms with Gasteiger partial charge in [0.2, 0.25) is 5.95 Å². The van der Waals surface area contributed by atoms with E-state index < -0.39 is 0 Å². The standard InChI is InChI=1S/C29H32N4O3/c1-5-32(6-2)29-31-25-17-22(27(34)30-18-23-9-7-8-10-26(23)36-4)15-16-24(25)28(35)33(29)19-21-13-11-20(3)12-14-21/h7-17H,5-6,18-19H2,1-4H3,(H,30,34). The molecule has 0 bridgehead atoms. The summed E-state index contributed by atoms with van der Waals surface area (Å²) in [5, 5.41) is 3.42. The van der Waals surface area contributed by atoms with Gasteiger partial charge in [-0.3, -0.25) is 14.2 Å². The first-order valence-corrected chi connectivity index (χ1v) is 12.2. The van der Waals surface area contributed by atoms with Crippen LogP contribution < -0.4 is 20.5 Å². The number of hydrogen-bond donors (Lipinski definition) is 1. The number of nitrogens with one attached hydrogen (secondary N) is 1. The van der Waals surface area contributed by atoms with E-state index in [0.29, 0.717) is 48.6 Å². The van der Waals surface area contributed by atoms with Crippen LogP contribution in [0.3, 0.4) is 0 Å². The smallest absolute Gasteiger partial charge is 0.263 e. The zero-order valence-electron chi connectivity index (χ0n) is 21.2. The number of anilines is 1. The summed E-state index contributed by atoms with van der Waals surface area (Å²) in [6.07, 6.45) is 0. The fraction of sp³-hybridized carbons (Fsp3) is 0.276. The van der Waals surface area contributed by atoms with Crippen molar-refractivity contribution in [1.29, 1.82) is 0 Å². The van der Waals surface area contributed by atoms with E-state index in [0.717, 1.165) is 16.9 Å².